The largest absolute Gasteiger partial charge is 0.444 e. The van der Waals surface area contributed by atoms with E-state index >= 15 is 0 Å². The number of nitrogens with zero attached hydrogens (tertiary/aromatic N) is 1. The number of amides is 3. The molecule has 2 aromatic rings. The monoisotopic (exact) mass is 425 g/mol. The fraction of sp³-hybridized carbons (Fsp3) is 0.375. The molecule has 3 amide bonds. The molecule has 0 unspecified atom stereocenters. The Balaban J connectivity index is 2.09. The Bertz CT molecular complexity index is 862. The third kappa shape index (κ3) is 7.13. The molecule has 0 aliphatic heterocycles. The second-order valence-electron chi connectivity index (χ2n) is 7.39. The van der Waals surface area contributed by atoms with E-state index in [0.29, 0.717) is 30.8 Å². The van der Waals surface area contributed by atoms with Crippen LogP contribution in [-0.2, 0) is 16.1 Å². The molecule has 0 saturated carbocycles. The zero-order valence-electron chi connectivity index (χ0n) is 18.6. The van der Waals surface area contributed by atoms with Crippen LogP contribution < -0.4 is 10.6 Å². The van der Waals surface area contributed by atoms with Gasteiger partial charge >= 0.3 is 12.0 Å². The maximum atomic E-state index is 13.0. The Morgan fingerprint density at radius 2 is 1.55 bits per heavy atom. The Morgan fingerprint density at radius 3 is 2.10 bits per heavy atom. The van der Waals surface area contributed by atoms with Crippen molar-refractivity contribution < 1.29 is 19.1 Å². The summed E-state index contributed by atoms with van der Waals surface area (Å²) in [4.78, 5) is 39.0. The number of urea groups is 1. The Hall–Kier alpha value is -3.35. The summed E-state index contributed by atoms with van der Waals surface area (Å²) < 4.78 is 5.64. The van der Waals surface area contributed by atoms with Crippen molar-refractivity contribution in [2.45, 2.75) is 46.4 Å². The van der Waals surface area contributed by atoms with Crippen LogP contribution in [0.3, 0.4) is 0 Å². The number of hydrogen-bond acceptors (Lipinski definition) is 4. The number of carbonyl (C=O) groups excluding carboxylic acids is 3. The lowest BCUT2D eigenvalue weighted by atomic mass is 10.1. The average Bonchev–Trinajstić information content (AvgIpc) is 2.77. The van der Waals surface area contributed by atoms with Crippen LogP contribution in [0.15, 0.2) is 54.6 Å². The predicted molar refractivity (Wildman–Crippen MR) is 119 cm³/mol. The highest BCUT2D eigenvalue weighted by atomic mass is 16.5. The molecule has 2 rings (SSSR count). The van der Waals surface area contributed by atoms with Crippen LogP contribution in [-0.4, -0.2) is 41.9 Å². The minimum absolute atomic E-state index is 0.0498. The third-order valence-corrected chi connectivity index (χ3v) is 4.69. The molecule has 166 valence electrons. The highest BCUT2D eigenvalue weighted by Crippen LogP contribution is 2.22. The summed E-state index contributed by atoms with van der Waals surface area (Å²) in [6, 6.07) is 15.6. The van der Waals surface area contributed by atoms with Gasteiger partial charge in [-0.1, -0.05) is 42.5 Å². The topological polar surface area (TPSA) is 87.7 Å². The van der Waals surface area contributed by atoms with Crippen molar-refractivity contribution in [2.75, 3.05) is 13.1 Å². The molecule has 0 saturated heterocycles. The molecule has 0 aliphatic rings. The number of esters is 1. The van der Waals surface area contributed by atoms with Gasteiger partial charge in [-0.3, -0.25) is 4.79 Å². The molecule has 2 N–H and O–H groups in total. The van der Waals surface area contributed by atoms with Crippen LogP contribution in [0.25, 0.3) is 0 Å². The van der Waals surface area contributed by atoms with Crippen LogP contribution in [0.5, 0.6) is 0 Å². The van der Waals surface area contributed by atoms with Gasteiger partial charge in [-0.15, -0.1) is 0 Å². The summed E-state index contributed by atoms with van der Waals surface area (Å²) in [6.07, 6.45) is -1.00. The molecule has 31 heavy (non-hydrogen) atoms. The lowest BCUT2D eigenvalue weighted by Crippen LogP contribution is -2.39. The first-order valence-electron chi connectivity index (χ1n) is 10.5. The third-order valence-electron chi connectivity index (χ3n) is 4.69. The van der Waals surface area contributed by atoms with Gasteiger partial charge in [0.1, 0.15) is 0 Å². The second kappa shape index (κ2) is 11.7. The van der Waals surface area contributed by atoms with Crippen LogP contribution >= 0.6 is 0 Å². The summed E-state index contributed by atoms with van der Waals surface area (Å²) in [5, 5.41) is 5.51. The second-order valence-corrected chi connectivity index (χ2v) is 7.39. The van der Waals surface area contributed by atoms with Crippen molar-refractivity contribution in [3.05, 3.63) is 71.3 Å². The minimum Gasteiger partial charge on any atom is -0.444 e. The Morgan fingerprint density at radius 1 is 0.935 bits per heavy atom. The minimum atomic E-state index is -1.00. The maximum absolute atomic E-state index is 13.0. The molecular formula is C24H31N3O4. The normalized spacial score (nSPS) is 11.5. The number of ether oxygens (including phenoxy) is 1. The molecule has 7 heteroatoms. The molecule has 1 atom stereocenters. The van der Waals surface area contributed by atoms with Crippen molar-refractivity contribution >= 4 is 17.9 Å². The molecule has 0 heterocycles. The lowest BCUT2D eigenvalue weighted by Gasteiger charge is -2.25. The SMILES string of the molecule is CCN(CC)C(=O)[C@@H](OC(=O)c1ccc(CNC(=O)NC(C)C)cc1)c1ccccc1. The van der Waals surface area contributed by atoms with Crippen molar-refractivity contribution in [3.63, 3.8) is 0 Å². The van der Waals surface area contributed by atoms with E-state index in [1.165, 1.54) is 0 Å². The zero-order valence-corrected chi connectivity index (χ0v) is 18.6. The van der Waals surface area contributed by atoms with Crippen molar-refractivity contribution in [1.29, 1.82) is 0 Å². The molecule has 0 aliphatic carbocycles. The maximum Gasteiger partial charge on any atom is 0.339 e. The number of likely N-dealkylation sites (N-methyl/N-ethyl adjacent to an activating group) is 1. The van der Waals surface area contributed by atoms with Crippen LogP contribution in [0, 0.1) is 0 Å². The first-order valence-corrected chi connectivity index (χ1v) is 10.5. The van der Waals surface area contributed by atoms with E-state index in [9.17, 15) is 14.4 Å². The molecule has 0 bridgehead atoms. The summed E-state index contributed by atoms with van der Waals surface area (Å²) in [7, 11) is 0. The van der Waals surface area contributed by atoms with Gasteiger partial charge in [-0.05, 0) is 45.4 Å². The van der Waals surface area contributed by atoms with E-state index in [1.54, 1.807) is 41.3 Å². The van der Waals surface area contributed by atoms with Gasteiger partial charge in [0.25, 0.3) is 5.91 Å². The van der Waals surface area contributed by atoms with Gasteiger partial charge in [-0.2, -0.15) is 0 Å². The van der Waals surface area contributed by atoms with E-state index in [0.717, 1.165) is 5.56 Å². The van der Waals surface area contributed by atoms with Crippen LogP contribution in [0.4, 0.5) is 4.79 Å². The lowest BCUT2D eigenvalue weighted by molar-refractivity contribution is -0.140. The van der Waals surface area contributed by atoms with Gasteiger partial charge in [0.05, 0.1) is 5.56 Å². The molecule has 0 aromatic heterocycles. The number of rotatable bonds is 9. The van der Waals surface area contributed by atoms with Gasteiger partial charge in [0.2, 0.25) is 6.10 Å². The molecular weight excluding hydrogens is 394 g/mol. The van der Waals surface area contributed by atoms with Gasteiger partial charge in [0, 0.05) is 31.2 Å². The summed E-state index contributed by atoms with van der Waals surface area (Å²) in [5.41, 5.74) is 1.81. The fourth-order valence-corrected chi connectivity index (χ4v) is 3.02. The summed E-state index contributed by atoms with van der Waals surface area (Å²) in [5.74, 6) is -0.826. The van der Waals surface area contributed by atoms with Crippen molar-refractivity contribution in [1.82, 2.24) is 15.5 Å². The van der Waals surface area contributed by atoms with E-state index in [4.69, 9.17) is 4.74 Å². The van der Waals surface area contributed by atoms with E-state index in [-0.39, 0.29) is 18.0 Å². The molecule has 2 aromatic carbocycles. The molecule has 0 fully saturated rings. The predicted octanol–water partition coefficient (Wildman–Crippen LogP) is 3.66. The van der Waals surface area contributed by atoms with Gasteiger partial charge in [0.15, 0.2) is 0 Å². The highest BCUT2D eigenvalue weighted by molar-refractivity contribution is 5.92. The molecule has 0 spiro atoms. The first kappa shape index (κ1) is 23.9. The van der Waals surface area contributed by atoms with E-state index in [2.05, 4.69) is 10.6 Å². The van der Waals surface area contributed by atoms with E-state index in [1.807, 2.05) is 45.9 Å². The zero-order chi connectivity index (χ0) is 22.8. The smallest absolute Gasteiger partial charge is 0.339 e. The summed E-state index contributed by atoms with van der Waals surface area (Å²) in [6.45, 7) is 8.94. The Labute approximate surface area is 183 Å². The average molecular weight is 426 g/mol. The van der Waals surface area contributed by atoms with Crippen molar-refractivity contribution in [2.24, 2.45) is 0 Å². The van der Waals surface area contributed by atoms with Crippen molar-refractivity contribution in [3.8, 4) is 0 Å². The molecule has 7 nitrogen and oxygen atoms in total. The van der Waals surface area contributed by atoms with Crippen LogP contribution in [0.1, 0.15) is 55.3 Å². The standard InChI is InChI=1S/C24H31N3O4/c1-5-27(6-2)22(28)21(19-10-8-7-9-11-19)31-23(29)20-14-12-18(13-15-20)16-25-24(30)26-17(3)4/h7-15,17,21H,5-6,16H2,1-4H3,(H2,25,26,30)/t21-/m0/s1. The number of hydrogen-bond donors (Lipinski definition) is 2. The molecule has 0 radical (unpaired) electrons. The highest BCUT2D eigenvalue weighted by Gasteiger charge is 2.28. The quantitative estimate of drug-likeness (QED) is 0.600. The number of benzene rings is 2. The van der Waals surface area contributed by atoms with E-state index < -0.39 is 12.1 Å². The first-order chi connectivity index (χ1) is 14.8. The fourth-order valence-electron chi connectivity index (χ4n) is 3.02. The van der Waals surface area contributed by atoms with Gasteiger partial charge in [-0.25, -0.2) is 9.59 Å². The summed E-state index contributed by atoms with van der Waals surface area (Å²) >= 11 is 0. The van der Waals surface area contributed by atoms with Gasteiger partial charge < -0.3 is 20.3 Å². The van der Waals surface area contributed by atoms with Crippen LogP contribution in [0.2, 0.25) is 0 Å². The number of nitrogens with one attached hydrogen (secondary N) is 2. The Kier molecular flexibility index (Phi) is 9.06. The number of carbonyl (C=O) groups is 3.